The maximum atomic E-state index is 11.1. The molecule has 1 atom stereocenters. The minimum Gasteiger partial charge on any atom is -0.478 e. The molecule has 1 saturated heterocycles. The number of nitrogens with zero attached hydrogens (tertiary/aromatic N) is 1. The highest BCUT2D eigenvalue weighted by molar-refractivity contribution is 5.87. The summed E-state index contributed by atoms with van der Waals surface area (Å²) in [6.45, 7) is 5.11. The molecule has 1 aliphatic heterocycles. The van der Waals surface area contributed by atoms with E-state index in [0.717, 1.165) is 25.2 Å². The topological polar surface area (TPSA) is 40.5 Å². The number of carboxylic acids is 1. The molecule has 0 amide bonds. The first-order valence-electron chi connectivity index (χ1n) is 7.73. The van der Waals surface area contributed by atoms with Crippen LogP contribution in [0.3, 0.4) is 0 Å². The molecule has 114 valence electrons. The Labute approximate surface area is 131 Å². The molecule has 2 aromatic rings. The molecule has 0 bridgehead atoms. The predicted octanol–water partition coefficient (Wildman–Crippen LogP) is 3.68. The minimum atomic E-state index is -0.860. The number of hydrogen-bond acceptors (Lipinski definition) is 2. The molecular formula is C19H21NO2. The summed E-state index contributed by atoms with van der Waals surface area (Å²) < 4.78 is 0. The van der Waals surface area contributed by atoms with Crippen molar-refractivity contribution in [1.29, 1.82) is 0 Å². The Morgan fingerprint density at radius 2 is 2.05 bits per heavy atom. The van der Waals surface area contributed by atoms with Crippen molar-refractivity contribution in [3.63, 3.8) is 0 Å². The Morgan fingerprint density at radius 3 is 2.82 bits per heavy atom. The molecule has 2 aromatic carbocycles. The summed E-state index contributed by atoms with van der Waals surface area (Å²) in [5.74, 6) is -0.273. The lowest BCUT2D eigenvalue weighted by molar-refractivity contribution is 0.0696. The SMILES string of the molecule is Cc1ccccc1C1CCN(Cc2cccc(C(=O)O)c2)C1. The van der Waals surface area contributed by atoms with Gasteiger partial charge in [-0.05, 0) is 54.6 Å². The van der Waals surface area contributed by atoms with Gasteiger partial charge in [0.2, 0.25) is 0 Å². The van der Waals surface area contributed by atoms with Gasteiger partial charge in [0, 0.05) is 13.1 Å². The third-order valence-corrected chi connectivity index (χ3v) is 4.48. The molecule has 0 saturated carbocycles. The molecule has 0 aromatic heterocycles. The molecule has 3 heteroatoms. The van der Waals surface area contributed by atoms with Crippen LogP contribution in [0.1, 0.15) is 39.4 Å². The van der Waals surface area contributed by atoms with E-state index < -0.39 is 5.97 Å². The summed E-state index contributed by atoms with van der Waals surface area (Å²) in [6, 6.07) is 15.9. The van der Waals surface area contributed by atoms with Gasteiger partial charge in [0.1, 0.15) is 0 Å². The number of likely N-dealkylation sites (tertiary alicyclic amines) is 1. The van der Waals surface area contributed by atoms with Crippen molar-refractivity contribution < 1.29 is 9.90 Å². The largest absolute Gasteiger partial charge is 0.478 e. The highest BCUT2D eigenvalue weighted by Gasteiger charge is 2.24. The van der Waals surface area contributed by atoms with Gasteiger partial charge in [-0.25, -0.2) is 4.79 Å². The molecule has 1 unspecified atom stereocenters. The van der Waals surface area contributed by atoms with Crippen LogP contribution in [-0.4, -0.2) is 29.1 Å². The van der Waals surface area contributed by atoms with Crippen molar-refractivity contribution in [2.75, 3.05) is 13.1 Å². The summed E-state index contributed by atoms with van der Waals surface area (Å²) in [4.78, 5) is 13.5. The third-order valence-electron chi connectivity index (χ3n) is 4.48. The van der Waals surface area contributed by atoms with E-state index in [1.807, 2.05) is 12.1 Å². The molecule has 1 N–H and O–H groups in total. The average molecular weight is 295 g/mol. The molecule has 3 rings (SSSR count). The molecule has 22 heavy (non-hydrogen) atoms. The highest BCUT2D eigenvalue weighted by atomic mass is 16.4. The first-order valence-corrected chi connectivity index (χ1v) is 7.73. The minimum absolute atomic E-state index is 0.368. The number of carboxylic acid groups (broad SMARTS) is 1. The van der Waals surface area contributed by atoms with Crippen LogP contribution in [0.15, 0.2) is 48.5 Å². The fraction of sp³-hybridized carbons (Fsp3) is 0.316. The molecule has 0 radical (unpaired) electrons. The number of aromatic carboxylic acids is 1. The van der Waals surface area contributed by atoms with Crippen molar-refractivity contribution >= 4 is 5.97 Å². The van der Waals surface area contributed by atoms with E-state index in [9.17, 15) is 4.79 Å². The Kier molecular flexibility index (Phi) is 4.25. The van der Waals surface area contributed by atoms with E-state index in [1.165, 1.54) is 17.5 Å². The van der Waals surface area contributed by atoms with Crippen molar-refractivity contribution in [3.8, 4) is 0 Å². The Balaban J connectivity index is 1.67. The van der Waals surface area contributed by atoms with Gasteiger partial charge in [-0.1, -0.05) is 36.4 Å². The summed E-state index contributed by atoms with van der Waals surface area (Å²) in [5, 5.41) is 9.08. The lowest BCUT2D eigenvalue weighted by atomic mass is 9.94. The highest BCUT2D eigenvalue weighted by Crippen LogP contribution is 2.30. The smallest absolute Gasteiger partial charge is 0.335 e. The standard InChI is InChI=1S/C19H21NO2/c1-14-5-2-3-8-18(14)17-9-10-20(13-17)12-15-6-4-7-16(11-15)19(21)22/h2-8,11,17H,9-10,12-13H2,1H3,(H,21,22). The second kappa shape index (κ2) is 6.32. The van der Waals surface area contributed by atoms with Crippen LogP contribution in [0, 0.1) is 6.92 Å². The van der Waals surface area contributed by atoms with Crippen molar-refractivity contribution in [1.82, 2.24) is 4.90 Å². The summed E-state index contributed by atoms with van der Waals surface area (Å²) in [5.41, 5.74) is 4.25. The molecular weight excluding hydrogens is 274 g/mol. The lowest BCUT2D eigenvalue weighted by Crippen LogP contribution is -2.20. The van der Waals surface area contributed by atoms with Gasteiger partial charge in [-0.2, -0.15) is 0 Å². The van der Waals surface area contributed by atoms with E-state index in [-0.39, 0.29) is 0 Å². The number of benzene rings is 2. The van der Waals surface area contributed by atoms with Crippen LogP contribution < -0.4 is 0 Å². The maximum absolute atomic E-state index is 11.1. The van der Waals surface area contributed by atoms with E-state index in [2.05, 4.69) is 36.1 Å². The summed E-state index contributed by atoms with van der Waals surface area (Å²) >= 11 is 0. The van der Waals surface area contributed by atoms with E-state index in [0.29, 0.717) is 11.5 Å². The molecule has 0 aliphatic carbocycles. The zero-order valence-electron chi connectivity index (χ0n) is 12.8. The zero-order chi connectivity index (χ0) is 15.5. The van der Waals surface area contributed by atoms with Crippen LogP contribution in [0.5, 0.6) is 0 Å². The van der Waals surface area contributed by atoms with Crippen LogP contribution in [-0.2, 0) is 6.54 Å². The van der Waals surface area contributed by atoms with Crippen LogP contribution in [0.2, 0.25) is 0 Å². The van der Waals surface area contributed by atoms with E-state index in [4.69, 9.17) is 5.11 Å². The molecule has 1 fully saturated rings. The number of rotatable bonds is 4. The van der Waals surface area contributed by atoms with Gasteiger partial charge in [-0.3, -0.25) is 4.90 Å². The normalized spacial score (nSPS) is 18.5. The van der Waals surface area contributed by atoms with Gasteiger partial charge in [0.05, 0.1) is 5.56 Å². The van der Waals surface area contributed by atoms with Gasteiger partial charge < -0.3 is 5.11 Å². The molecule has 1 heterocycles. The van der Waals surface area contributed by atoms with Crippen LogP contribution in [0.25, 0.3) is 0 Å². The van der Waals surface area contributed by atoms with Crippen molar-refractivity contribution in [2.45, 2.75) is 25.8 Å². The Morgan fingerprint density at radius 1 is 1.23 bits per heavy atom. The molecule has 0 spiro atoms. The summed E-state index contributed by atoms with van der Waals surface area (Å²) in [7, 11) is 0. The quantitative estimate of drug-likeness (QED) is 0.935. The Hall–Kier alpha value is -2.13. The second-order valence-electron chi connectivity index (χ2n) is 6.08. The molecule has 3 nitrogen and oxygen atoms in total. The van der Waals surface area contributed by atoms with Crippen molar-refractivity contribution in [2.24, 2.45) is 0 Å². The lowest BCUT2D eigenvalue weighted by Gasteiger charge is -2.17. The average Bonchev–Trinajstić information content (AvgIpc) is 2.96. The molecule has 1 aliphatic rings. The maximum Gasteiger partial charge on any atom is 0.335 e. The monoisotopic (exact) mass is 295 g/mol. The van der Waals surface area contributed by atoms with Gasteiger partial charge in [0.25, 0.3) is 0 Å². The van der Waals surface area contributed by atoms with Gasteiger partial charge >= 0.3 is 5.97 Å². The fourth-order valence-electron chi connectivity index (χ4n) is 3.34. The van der Waals surface area contributed by atoms with Gasteiger partial charge in [0.15, 0.2) is 0 Å². The number of aryl methyl sites for hydroxylation is 1. The summed E-state index contributed by atoms with van der Waals surface area (Å²) in [6.07, 6.45) is 1.17. The second-order valence-corrected chi connectivity index (χ2v) is 6.08. The number of hydrogen-bond donors (Lipinski definition) is 1. The van der Waals surface area contributed by atoms with Gasteiger partial charge in [-0.15, -0.1) is 0 Å². The Bertz CT molecular complexity index is 681. The first kappa shape index (κ1) is 14.8. The fourth-order valence-corrected chi connectivity index (χ4v) is 3.34. The first-order chi connectivity index (χ1) is 10.6. The van der Waals surface area contributed by atoms with Crippen LogP contribution in [0.4, 0.5) is 0 Å². The number of carbonyl (C=O) groups is 1. The zero-order valence-corrected chi connectivity index (χ0v) is 12.8. The van der Waals surface area contributed by atoms with E-state index >= 15 is 0 Å². The van der Waals surface area contributed by atoms with Crippen LogP contribution >= 0.6 is 0 Å². The third kappa shape index (κ3) is 3.20. The van der Waals surface area contributed by atoms with Crippen molar-refractivity contribution in [3.05, 3.63) is 70.8 Å². The van der Waals surface area contributed by atoms with E-state index in [1.54, 1.807) is 12.1 Å². The predicted molar refractivity (Wildman–Crippen MR) is 87.2 cm³/mol.